The molecule has 0 aliphatic rings. The molecular weight excluding hydrogens is 268 g/mol. The molecule has 0 unspecified atom stereocenters. The van der Waals surface area contributed by atoms with Gasteiger partial charge in [0.05, 0.1) is 5.69 Å². The van der Waals surface area contributed by atoms with Crippen LogP contribution in [0.3, 0.4) is 0 Å². The molecule has 0 aliphatic heterocycles. The Morgan fingerprint density at radius 1 is 0.818 bits per heavy atom. The maximum Gasteiger partial charge on any atom is 0.144 e. The Labute approximate surface area is 133 Å². The van der Waals surface area contributed by atoms with Crippen LogP contribution in [0.15, 0.2) is 54.9 Å². The van der Waals surface area contributed by atoms with Crippen molar-refractivity contribution in [3.8, 4) is 17.1 Å². The first-order valence-corrected chi connectivity index (χ1v) is 7.84. The lowest BCUT2D eigenvalue weighted by Crippen LogP contribution is -2.01. The minimum absolute atomic E-state index is 0.988. The number of benzene rings is 2. The molecule has 0 saturated carbocycles. The van der Waals surface area contributed by atoms with Crippen LogP contribution in [0, 0.1) is 20.8 Å². The summed E-state index contributed by atoms with van der Waals surface area (Å²) in [4.78, 5) is 4.54. The summed E-state index contributed by atoms with van der Waals surface area (Å²) in [5, 5.41) is 0. The molecule has 1 heterocycles. The molecule has 0 atom stereocenters. The van der Waals surface area contributed by atoms with Crippen LogP contribution in [0.4, 0.5) is 0 Å². The standard InChI is InChI=1S/C18H18N2.C2H6/c1-13-7-9-16(10-8-13)18-19-11-12-20(18)17-14(2)5-4-6-15(17)3;1-2/h4-12H,1-3H3;1-2H3. The number of imidazole rings is 1. The van der Waals surface area contributed by atoms with Crippen molar-refractivity contribution in [3.05, 3.63) is 71.5 Å². The average Bonchev–Trinajstić information content (AvgIpc) is 2.99. The molecule has 0 N–H and O–H groups in total. The van der Waals surface area contributed by atoms with Crippen molar-refractivity contribution in [1.82, 2.24) is 9.55 Å². The first-order valence-electron chi connectivity index (χ1n) is 7.84. The molecule has 22 heavy (non-hydrogen) atoms. The number of hydrogen-bond donors (Lipinski definition) is 0. The normalized spacial score (nSPS) is 10.0. The Hall–Kier alpha value is -2.35. The fraction of sp³-hybridized carbons (Fsp3) is 0.250. The van der Waals surface area contributed by atoms with Crippen molar-refractivity contribution >= 4 is 0 Å². The monoisotopic (exact) mass is 292 g/mol. The summed E-state index contributed by atoms with van der Waals surface area (Å²) in [6.07, 6.45) is 3.89. The second-order valence-electron chi connectivity index (χ2n) is 5.23. The van der Waals surface area contributed by atoms with Crippen LogP contribution in [0.25, 0.3) is 17.1 Å². The fourth-order valence-corrected chi connectivity index (χ4v) is 2.59. The Morgan fingerprint density at radius 3 is 2.00 bits per heavy atom. The highest BCUT2D eigenvalue weighted by atomic mass is 15.1. The van der Waals surface area contributed by atoms with Crippen LogP contribution in [-0.2, 0) is 0 Å². The molecule has 0 amide bonds. The van der Waals surface area contributed by atoms with E-state index in [2.05, 4.69) is 72.8 Å². The van der Waals surface area contributed by atoms with E-state index in [0.29, 0.717) is 0 Å². The van der Waals surface area contributed by atoms with Crippen molar-refractivity contribution in [3.63, 3.8) is 0 Å². The first kappa shape index (κ1) is 16.0. The van der Waals surface area contributed by atoms with Gasteiger partial charge >= 0.3 is 0 Å². The van der Waals surface area contributed by atoms with Gasteiger partial charge in [-0.25, -0.2) is 4.98 Å². The molecule has 0 radical (unpaired) electrons. The van der Waals surface area contributed by atoms with Crippen LogP contribution < -0.4 is 0 Å². The molecule has 0 aliphatic carbocycles. The smallest absolute Gasteiger partial charge is 0.144 e. The van der Waals surface area contributed by atoms with E-state index < -0.39 is 0 Å². The van der Waals surface area contributed by atoms with E-state index in [4.69, 9.17) is 0 Å². The number of nitrogens with zero attached hydrogens (tertiary/aromatic N) is 2. The Balaban J connectivity index is 0.000000847. The topological polar surface area (TPSA) is 17.8 Å². The number of aryl methyl sites for hydroxylation is 3. The van der Waals surface area contributed by atoms with Gasteiger partial charge in [0.2, 0.25) is 0 Å². The van der Waals surface area contributed by atoms with Crippen molar-refractivity contribution in [2.45, 2.75) is 34.6 Å². The highest BCUT2D eigenvalue weighted by molar-refractivity contribution is 5.61. The summed E-state index contributed by atoms with van der Waals surface area (Å²) >= 11 is 0. The van der Waals surface area contributed by atoms with Crippen molar-refractivity contribution in [2.75, 3.05) is 0 Å². The minimum Gasteiger partial charge on any atom is -0.299 e. The van der Waals surface area contributed by atoms with E-state index in [9.17, 15) is 0 Å². The van der Waals surface area contributed by atoms with Crippen LogP contribution in [0.1, 0.15) is 30.5 Å². The summed E-state index contributed by atoms with van der Waals surface area (Å²) in [5.74, 6) is 0.988. The second-order valence-corrected chi connectivity index (χ2v) is 5.23. The third-order valence-electron chi connectivity index (χ3n) is 3.63. The molecule has 3 aromatic rings. The molecule has 114 valence electrons. The van der Waals surface area contributed by atoms with Gasteiger partial charge in [0.25, 0.3) is 0 Å². The molecule has 0 bridgehead atoms. The summed E-state index contributed by atoms with van der Waals surface area (Å²) in [7, 11) is 0. The maximum atomic E-state index is 4.54. The number of rotatable bonds is 2. The zero-order valence-corrected chi connectivity index (χ0v) is 14.1. The lowest BCUT2D eigenvalue weighted by atomic mass is 10.1. The third kappa shape index (κ3) is 3.11. The summed E-state index contributed by atoms with van der Waals surface area (Å²) < 4.78 is 2.18. The van der Waals surface area contributed by atoms with Gasteiger partial charge in [-0.2, -0.15) is 0 Å². The van der Waals surface area contributed by atoms with E-state index in [1.807, 2.05) is 26.2 Å². The first-order chi connectivity index (χ1) is 10.7. The maximum absolute atomic E-state index is 4.54. The molecule has 0 spiro atoms. The van der Waals surface area contributed by atoms with E-state index in [1.54, 1.807) is 0 Å². The Morgan fingerprint density at radius 2 is 1.41 bits per heavy atom. The zero-order chi connectivity index (χ0) is 16.1. The molecule has 2 nitrogen and oxygen atoms in total. The lowest BCUT2D eigenvalue weighted by molar-refractivity contribution is 1.03. The van der Waals surface area contributed by atoms with Gasteiger partial charge in [0.15, 0.2) is 0 Å². The SMILES string of the molecule is CC.Cc1ccc(-c2nccn2-c2c(C)cccc2C)cc1. The largest absolute Gasteiger partial charge is 0.299 e. The molecule has 0 fully saturated rings. The third-order valence-corrected chi connectivity index (χ3v) is 3.63. The summed E-state index contributed by atoms with van der Waals surface area (Å²) in [6, 6.07) is 14.9. The zero-order valence-electron chi connectivity index (χ0n) is 14.1. The second kappa shape index (κ2) is 7.08. The van der Waals surface area contributed by atoms with E-state index >= 15 is 0 Å². The van der Waals surface area contributed by atoms with Crippen molar-refractivity contribution < 1.29 is 0 Å². The molecule has 2 heteroatoms. The van der Waals surface area contributed by atoms with Crippen LogP contribution >= 0.6 is 0 Å². The molecule has 0 saturated heterocycles. The molecule has 2 aromatic carbocycles. The Kier molecular flexibility index (Phi) is 5.16. The fourth-order valence-electron chi connectivity index (χ4n) is 2.59. The van der Waals surface area contributed by atoms with Gasteiger partial charge in [-0.15, -0.1) is 0 Å². The summed E-state index contributed by atoms with van der Waals surface area (Å²) in [6.45, 7) is 10.4. The van der Waals surface area contributed by atoms with Gasteiger partial charge in [0.1, 0.15) is 5.82 Å². The van der Waals surface area contributed by atoms with Crippen LogP contribution in [-0.4, -0.2) is 9.55 Å². The lowest BCUT2D eigenvalue weighted by Gasteiger charge is -2.14. The van der Waals surface area contributed by atoms with E-state index in [0.717, 1.165) is 11.4 Å². The predicted octanol–water partition coefficient (Wildman–Crippen LogP) is 5.49. The van der Waals surface area contributed by atoms with Crippen molar-refractivity contribution in [2.24, 2.45) is 0 Å². The summed E-state index contributed by atoms with van der Waals surface area (Å²) in [5.41, 5.74) is 6.15. The van der Waals surface area contributed by atoms with E-state index in [-0.39, 0.29) is 0 Å². The van der Waals surface area contributed by atoms with Gasteiger partial charge < -0.3 is 0 Å². The van der Waals surface area contributed by atoms with Gasteiger partial charge in [-0.1, -0.05) is 61.9 Å². The number of para-hydroxylation sites is 1. The number of hydrogen-bond acceptors (Lipinski definition) is 1. The van der Waals surface area contributed by atoms with Gasteiger partial charge in [-0.05, 0) is 31.9 Å². The Bertz CT molecular complexity index is 716. The minimum atomic E-state index is 0.988. The molecule has 3 rings (SSSR count). The molecule has 1 aromatic heterocycles. The van der Waals surface area contributed by atoms with Gasteiger partial charge in [-0.3, -0.25) is 4.57 Å². The van der Waals surface area contributed by atoms with Crippen LogP contribution in [0.2, 0.25) is 0 Å². The average molecular weight is 292 g/mol. The van der Waals surface area contributed by atoms with Crippen LogP contribution in [0.5, 0.6) is 0 Å². The number of aromatic nitrogens is 2. The highest BCUT2D eigenvalue weighted by Crippen LogP contribution is 2.25. The quantitative estimate of drug-likeness (QED) is 0.610. The highest BCUT2D eigenvalue weighted by Gasteiger charge is 2.11. The molecular formula is C20H24N2. The van der Waals surface area contributed by atoms with Crippen molar-refractivity contribution in [1.29, 1.82) is 0 Å². The van der Waals surface area contributed by atoms with E-state index in [1.165, 1.54) is 22.4 Å². The predicted molar refractivity (Wildman–Crippen MR) is 94.6 cm³/mol. The van der Waals surface area contributed by atoms with Gasteiger partial charge in [0, 0.05) is 18.0 Å².